The average molecular weight is 733 g/mol. The first kappa shape index (κ1) is 32.6. The van der Waals surface area contributed by atoms with Crippen LogP contribution >= 0.6 is 0 Å². The van der Waals surface area contributed by atoms with E-state index in [1.54, 1.807) is 0 Å². The summed E-state index contributed by atoms with van der Waals surface area (Å²) in [5, 5.41) is 2.43. The number of rotatable bonds is 5. The Kier molecular flexibility index (Phi) is 6.96. The van der Waals surface area contributed by atoms with Gasteiger partial charge in [-0.05, 0) is 110 Å². The van der Waals surface area contributed by atoms with E-state index < -0.39 is 0 Å². The number of aromatic nitrogens is 4. The summed E-state index contributed by atoms with van der Waals surface area (Å²) in [6.45, 7) is 4.71. The predicted octanol–water partition coefficient (Wildman–Crippen LogP) is 12.5. The maximum atomic E-state index is 5.45. The van der Waals surface area contributed by atoms with Crippen LogP contribution in [-0.2, 0) is 24.7 Å². The molecular weight excluding hydrogens is 693 g/mol. The Morgan fingerprint density at radius 2 is 1.23 bits per heavy atom. The van der Waals surface area contributed by atoms with Crippen LogP contribution in [0.15, 0.2) is 152 Å². The Hall–Kier alpha value is -6.65. The minimum atomic E-state index is -0.0969. The van der Waals surface area contributed by atoms with Crippen LogP contribution in [0.2, 0.25) is 0 Å². The van der Waals surface area contributed by atoms with E-state index in [-0.39, 0.29) is 5.41 Å². The molecule has 4 heteroatoms. The number of para-hydroxylation sites is 1. The summed E-state index contributed by atoms with van der Waals surface area (Å²) in [4.78, 5) is 16.3. The molecule has 7 aromatic carbocycles. The molecule has 2 aromatic heterocycles. The van der Waals surface area contributed by atoms with Gasteiger partial charge >= 0.3 is 0 Å². The summed E-state index contributed by atoms with van der Waals surface area (Å²) >= 11 is 0. The molecule has 0 amide bonds. The number of aryl methyl sites for hydroxylation is 1. The van der Waals surface area contributed by atoms with Crippen LogP contribution in [0.25, 0.3) is 72.5 Å². The molecule has 9 aromatic rings. The van der Waals surface area contributed by atoms with Gasteiger partial charge in [-0.1, -0.05) is 147 Å². The van der Waals surface area contributed by atoms with E-state index in [2.05, 4.69) is 170 Å². The minimum Gasteiger partial charge on any atom is -0.278 e. The van der Waals surface area contributed by atoms with Crippen LogP contribution in [0.1, 0.15) is 65.4 Å². The summed E-state index contributed by atoms with van der Waals surface area (Å²) in [7, 11) is 0. The summed E-state index contributed by atoms with van der Waals surface area (Å²) < 4.78 is 2.30. The van der Waals surface area contributed by atoms with Gasteiger partial charge in [0.1, 0.15) is 5.82 Å². The zero-order valence-electron chi connectivity index (χ0n) is 32.1. The van der Waals surface area contributed by atoms with Gasteiger partial charge in [0.15, 0.2) is 5.82 Å². The third-order valence-corrected chi connectivity index (χ3v) is 13.2. The molecule has 0 aliphatic heterocycles. The lowest BCUT2D eigenvalue weighted by Gasteiger charge is -2.27. The topological polar surface area (TPSA) is 43.6 Å². The van der Waals surface area contributed by atoms with Gasteiger partial charge in [-0.2, -0.15) is 9.97 Å². The van der Waals surface area contributed by atoms with Crippen LogP contribution in [0.4, 0.5) is 0 Å². The Bertz CT molecular complexity index is 3130. The molecule has 3 aliphatic carbocycles. The largest absolute Gasteiger partial charge is 0.278 e. The Morgan fingerprint density at radius 1 is 0.544 bits per heavy atom. The van der Waals surface area contributed by atoms with E-state index >= 15 is 0 Å². The van der Waals surface area contributed by atoms with Crippen molar-refractivity contribution < 1.29 is 0 Å². The van der Waals surface area contributed by atoms with Gasteiger partial charge in [0.05, 0.1) is 11.0 Å². The van der Waals surface area contributed by atoms with Crippen molar-refractivity contribution in [2.75, 3.05) is 0 Å². The second-order valence-corrected chi connectivity index (χ2v) is 16.7. The zero-order valence-corrected chi connectivity index (χ0v) is 32.1. The summed E-state index contributed by atoms with van der Waals surface area (Å²) in [6, 6.07) is 55.7. The van der Waals surface area contributed by atoms with E-state index in [0.717, 1.165) is 53.9 Å². The first-order valence-corrected chi connectivity index (χ1v) is 20.3. The van der Waals surface area contributed by atoms with Crippen molar-refractivity contribution in [3.05, 3.63) is 191 Å². The third-order valence-electron chi connectivity index (χ3n) is 13.2. The molecule has 0 radical (unpaired) electrons. The Morgan fingerprint density at radius 3 is 2.11 bits per heavy atom. The molecule has 0 saturated heterocycles. The van der Waals surface area contributed by atoms with E-state index in [1.165, 1.54) is 77.5 Å². The van der Waals surface area contributed by atoms with E-state index in [4.69, 9.17) is 15.0 Å². The van der Waals surface area contributed by atoms with Crippen LogP contribution < -0.4 is 0 Å². The molecule has 0 N–H and O–H groups in total. The SMILES string of the molecule is CC1(C)c2ccccc2-c2cc3c(cc21)c1ccccc1n3-c1nc(CCC2Cc3ccccc3-c3ccccc32)nc(-c2cccc3c2Cc2ccccc2-3)n1. The second kappa shape index (κ2) is 12.2. The van der Waals surface area contributed by atoms with Crippen molar-refractivity contribution >= 4 is 21.8 Å². The first-order valence-electron chi connectivity index (χ1n) is 20.3. The Balaban J connectivity index is 1.05. The molecule has 4 nitrogen and oxygen atoms in total. The maximum Gasteiger partial charge on any atom is 0.238 e. The fraction of sp³-hybridized carbons (Fsp3) is 0.151. The van der Waals surface area contributed by atoms with Gasteiger partial charge < -0.3 is 0 Å². The maximum absolute atomic E-state index is 5.45. The first-order chi connectivity index (χ1) is 28.0. The van der Waals surface area contributed by atoms with Crippen LogP contribution in [0.3, 0.4) is 0 Å². The highest BCUT2D eigenvalue weighted by Crippen LogP contribution is 2.51. The monoisotopic (exact) mass is 732 g/mol. The predicted molar refractivity (Wildman–Crippen MR) is 232 cm³/mol. The molecular formula is C53H40N4. The highest BCUT2D eigenvalue weighted by molar-refractivity contribution is 6.11. The van der Waals surface area contributed by atoms with Crippen molar-refractivity contribution in [2.24, 2.45) is 0 Å². The second-order valence-electron chi connectivity index (χ2n) is 16.7. The summed E-state index contributed by atoms with van der Waals surface area (Å²) in [5.74, 6) is 2.62. The van der Waals surface area contributed by atoms with Crippen LogP contribution in [-0.4, -0.2) is 19.5 Å². The number of benzene rings is 7. The molecule has 1 unspecified atom stereocenters. The van der Waals surface area contributed by atoms with Crippen molar-refractivity contribution in [3.8, 4) is 50.7 Å². The Labute approximate surface area is 332 Å². The van der Waals surface area contributed by atoms with Gasteiger partial charge in [0.25, 0.3) is 0 Å². The lowest BCUT2D eigenvalue weighted by molar-refractivity contribution is 0.601. The average Bonchev–Trinajstić information content (AvgIpc) is 3.87. The van der Waals surface area contributed by atoms with Gasteiger partial charge in [-0.15, -0.1) is 0 Å². The van der Waals surface area contributed by atoms with Gasteiger partial charge in [-0.25, -0.2) is 4.98 Å². The van der Waals surface area contributed by atoms with Crippen molar-refractivity contribution in [3.63, 3.8) is 0 Å². The van der Waals surface area contributed by atoms with Crippen LogP contribution in [0.5, 0.6) is 0 Å². The van der Waals surface area contributed by atoms with Crippen molar-refractivity contribution in [1.29, 1.82) is 0 Å². The molecule has 0 fully saturated rings. The quantitative estimate of drug-likeness (QED) is 0.177. The molecule has 1 atom stereocenters. The molecule has 12 rings (SSSR count). The zero-order chi connectivity index (χ0) is 37.8. The van der Waals surface area contributed by atoms with Gasteiger partial charge in [-0.3, -0.25) is 4.57 Å². The van der Waals surface area contributed by atoms with E-state index in [1.807, 2.05) is 0 Å². The fourth-order valence-corrected chi connectivity index (χ4v) is 10.5. The van der Waals surface area contributed by atoms with Crippen molar-refractivity contribution in [2.45, 2.75) is 50.9 Å². The summed E-state index contributed by atoms with van der Waals surface area (Å²) in [6.07, 6.45) is 3.57. The number of nitrogens with zero attached hydrogens (tertiary/aromatic N) is 4. The summed E-state index contributed by atoms with van der Waals surface area (Å²) in [5.41, 5.74) is 19.3. The number of fused-ring (bicyclic) bond motifs is 12. The molecule has 0 spiro atoms. The fourth-order valence-electron chi connectivity index (χ4n) is 10.5. The molecule has 2 heterocycles. The normalized spacial score (nSPS) is 15.5. The lowest BCUT2D eigenvalue weighted by Crippen LogP contribution is -2.15. The molecule has 0 bridgehead atoms. The standard InChI is InChI=1S/C53H40N4/c1-53(2)46-24-11-9-20-40(46)44-31-49-45(30-47(44)53)41-21-10-12-25-48(41)57(49)52-55-50(27-26-34-28-32-14-3-5-16-35(32)38-19-8-7-18-37(34)38)54-51(56-52)42-23-13-22-39-36-17-6-4-15-33(36)29-43(39)42/h3-25,30-31,34H,26-29H2,1-2H3. The van der Waals surface area contributed by atoms with E-state index in [9.17, 15) is 0 Å². The third kappa shape index (κ3) is 4.83. The molecule has 3 aliphatic rings. The lowest BCUT2D eigenvalue weighted by atomic mass is 9.77. The van der Waals surface area contributed by atoms with E-state index in [0.29, 0.717) is 11.9 Å². The van der Waals surface area contributed by atoms with Gasteiger partial charge in [0.2, 0.25) is 5.95 Å². The minimum absolute atomic E-state index is 0.0969. The number of hydrogen-bond donors (Lipinski definition) is 0. The highest BCUT2D eigenvalue weighted by Gasteiger charge is 2.36. The van der Waals surface area contributed by atoms with Crippen LogP contribution in [0, 0.1) is 0 Å². The number of hydrogen-bond acceptors (Lipinski definition) is 3. The molecule has 272 valence electrons. The highest BCUT2D eigenvalue weighted by atomic mass is 15.2. The van der Waals surface area contributed by atoms with Gasteiger partial charge in [0, 0.05) is 28.2 Å². The molecule has 0 saturated carbocycles. The smallest absolute Gasteiger partial charge is 0.238 e. The van der Waals surface area contributed by atoms with Crippen molar-refractivity contribution in [1.82, 2.24) is 19.5 Å². The molecule has 57 heavy (non-hydrogen) atoms.